The van der Waals surface area contributed by atoms with E-state index in [0.717, 1.165) is 12.8 Å². The fourth-order valence-electron chi connectivity index (χ4n) is 3.29. The SMILES string of the molecule is COC(=O)c1c(C)[nH]c(C(=O)[C@@H](C)OC(=O)c2ccccc2SCC(=O)NC2CC2)c1C. The number of Topliss-reactive ketones (excluding diaryl/α,β-unsaturated/α-hetero) is 1. The van der Waals surface area contributed by atoms with Gasteiger partial charge in [0.2, 0.25) is 11.7 Å². The zero-order chi connectivity index (χ0) is 23.4. The molecule has 0 saturated heterocycles. The molecule has 1 amide bonds. The summed E-state index contributed by atoms with van der Waals surface area (Å²) in [5.74, 6) is -1.56. The maximum atomic E-state index is 12.9. The van der Waals surface area contributed by atoms with Crippen molar-refractivity contribution in [2.24, 2.45) is 0 Å². The molecule has 2 N–H and O–H groups in total. The van der Waals surface area contributed by atoms with Crippen LogP contribution in [0.15, 0.2) is 29.2 Å². The third-order valence-corrected chi connectivity index (χ3v) is 6.21. The van der Waals surface area contributed by atoms with Crippen LogP contribution in [0.25, 0.3) is 0 Å². The maximum Gasteiger partial charge on any atom is 0.339 e. The van der Waals surface area contributed by atoms with Crippen LogP contribution in [0.4, 0.5) is 0 Å². The monoisotopic (exact) mass is 458 g/mol. The quantitative estimate of drug-likeness (QED) is 0.337. The highest BCUT2D eigenvalue weighted by Crippen LogP contribution is 2.26. The van der Waals surface area contributed by atoms with Gasteiger partial charge in [0.25, 0.3) is 0 Å². The van der Waals surface area contributed by atoms with E-state index < -0.39 is 23.8 Å². The molecule has 170 valence electrons. The lowest BCUT2D eigenvalue weighted by atomic mass is 10.1. The van der Waals surface area contributed by atoms with E-state index >= 15 is 0 Å². The summed E-state index contributed by atoms with van der Waals surface area (Å²) >= 11 is 1.24. The average molecular weight is 459 g/mol. The Bertz CT molecular complexity index is 1060. The van der Waals surface area contributed by atoms with Gasteiger partial charge in [0.05, 0.1) is 29.7 Å². The van der Waals surface area contributed by atoms with E-state index in [4.69, 9.17) is 9.47 Å². The highest BCUT2D eigenvalue weighted by molar-refractivity contribution is 8.00. The van der Waals surface area contributed by atoms with Crippen LogP contribution >= 0.6 is 11.8 Å². The Balaban J connectivity index is 1.68. The largest absolute Gasteiger partial charge is 0.465 e. The number of methoxy groups -OCH3 is 1. The Kier molecular flexibility index (Phi) is 7.40. The number of amides is 1. The van der Waals surface area contributed by atoms with Crippen LogP contribution in [0.3, 0.4) is 0 Å². The highest BCUT2D eigenvalue weighted by atomic mass is 32.2. The van der Waals surface area contributed by atoms with E-state index in [0.29, 0.717) is 21.7 Å². The van der Waals surface area contributed by atoms with Crippen molar-refractivity contribution in [3.8, 4) is 0 Å². The van der Waals surface area contributed by atoms with Crippen molar-refractivity contribution in [2.75, 3.05) is 12.9 Å². The molecular formula is C23H26N2O6S. The number of carbonyl (C=O) groups excluding carboxylic acids is 4. The number of ether oxygens (including phenoxy) is 2. The van der Waals surface area contributed by atoms with Gasteiger partial charge in [0, 0.05) is 16.6 Å². The van der Waals surface area contributed by atoms with Crippen molar-refractivity contribution in [3.05, 3.63) is 52.3 Å². The van der Waals surface area contributed by atoms with Crippen molar-refractivity contribution in [2.45, 2.75) is 50.7 Å². The molecular weight excluding hydrogens is 432 g/mol. The first-order valence-electron chi connectivity index (χ1n) is 10.3. The van der Waals surface area contributed by atoms with Gasteiger partial charge in [-0.3, -0.25) is 9.59 Å². The molecule has 1 atom stereocenters. The number of aromatic nitrogens is 1. The van der Waals surface area contributed by atoms with E-state index in [2.05, 4.69) is 10.3 Å². The first-order chi connectivity index (χ1) is 15.2. The lowest BCUT2D eigenvalue weighted by Crippen LogP contribution is -2.27. The topological polar surface area (TPSA) is 115 Å². The van der Waals surface area contributed by atoms with E-state index in [1.807, 2.05) is 0 Å². The predicted octanol–water partition coefficient (Wildman–Crippen LogP) is 3.22. The second kappa shape index (κ2) is 10.0. The van der Waals surface area contributed by atoms with Crippen molar-refractivity contribution >= 4 is 35.4 Å². The van der Waals surface area contributed by atoms with Crippen LogP contribution < -0.4 is 5.32 Å². The molecule has 3 rings (SSSR count). The summed E-state index contributed by atoms with van der Waals surface area (Å²) in [6.07, 6.45) is 0.930. The number of carbonyl (C=O) groups is 4. The molecule has 1 aromatic carbocycles. The second-order valence-corrected chi connectivity index (χ2v) is 8.67. The smallest absolute Gasteiger partial charge is 0.339 e. The minimum Gasteiger partial charge on any atom is -0.465 e. The van der Waals surface area contributed by atoms with Crippen molar-refractivity contribution < 1.29 is 28.7 Å². The summed E-state index contributed by atoms with van der Waals surface area (Å²) in [5, 5.41) is 2.91. The molecule has 0 spiro atoms. The Morgan fingerprint density at radius 3 is 2.50 bits per heavy atom. The summed E-state index contributed by atoms with van der Waals surface area (Å²) < 4.78 is 10.2. The van der Waals surface area contributed by atoms with Crippen molar-refractivity contribution in [1.29, 1.82) is 0 Å². The first kappa shape index (κ1) is 23.6. The van der Waals surface area contributed by atoms with Crippen LogP contribution in [0.1, 0.15) is 62.2 Å². The van der Waals surface area contributed by atoms with Gasteiger partial charge in [0.1, 0.15) is 0 Å². The van der Waals surface area contributed by atoms with Gasteiger partial charge in [-0.15, -0.1) is 11.8 Å². The molecule has 0 unspecified atom stereocenters. The Morgan fingerprint density at radius 2 is 1.84 bits per heavy atom. The second-order valence-electron chi connectivity index (χ2n) is 7.65. The lowest BCUT2D eigenvalue weighted by molar-refractivity contribution is -0.118. The van der Waals surface area contributed by atoms with Crippen LogP contribution in [-0.2, 0) is 14.3 Å². The lowest BCUT2D eigenvalue weighted by Gasteiger charge is -2.14. The molecule has 8 nitrogen and oxygen atoms in total. The molecule has 32 heavy (non-hydrogen) atoms. The van der Waals surface area contributed by atoms with Crippen LogP contribution in [0.5, 0.6) is 0 Å². The Hall–Kier alpha value is -3.07. The van der Waals surface area contributed by atoms with Gasteiger partial charge in [-0.05, 0) is 51.3 Å². The summed E-state index contributed by atoms with van der Waals surface area (Å²) in [6.45, 7) is 4.78. The summed E-state index contributed by atoms with van der Waals surface area (Å²) in [6, 6.07) is 7.07. The molecule has 1 aliphatic carbocycles. The summed E-state index contributed by atoms with van der Waals surface area (Å²) in [4.78, 5) is 53.1. The Morgan fingerprint density at radius 1 is 1.16 bits per heavy atom. The van der Waals surface area contributed by atoms with Gasteiger partial charge < -0.3 is 19.8 Å². The molecule has 0 bridgehead atoms. The molecule has 1 saturated carbocycles. The number of esters is 2. The number of rotatable bonds is 9. The molecule has 1 heterocycles. The van der Waals surface area contributed by atoms with E-state index in [1.54, 1.807) is 38.1 Å². The van der Waals surface area contributed by atoms with Crippen molar-refractivity contribution in [1.82, 2.24) is 10.3 Å². The van der Waals surface area contributed by atoms with E-state index in [9.17, 15) is 19.2 Å². The fourth-order valence-corrected chi connectivity index (χ4v) is 4.14. The molecule has 0 aliphatic heterocycles. The summed E-state index contributed by atoms with van der Waals surface area (Å²) in [7, 11) is 1.27. The van der Waals surface area contributed by atoms with Gasteiger partial charge >= 0.3 is 11.9 Å². The van der Waals surface area contributed by atoms with Crippen LogP contribution in [-0.4, -0.2) is 53.6 Å². The zero-order valence-corrected chi connectivity index (χ0v) is 19.3. The number of hydrogen-bond acceptors (Lipinski definition) is 7. The van der Waals surface area contributed by atoms with Crippen LogP contribution in [0, 0.1) is 13.8 Å². The minimum absolute atomic E-state index is 0.0804. The van der Waals surface area contributed by atoms with Gasteiger partial charge in [-0.25, -0.2) is 9.59 Å². The van der Waals surface area contributed by atoms with Gasteiger partial charge in [-0.2, -0.15) is 0 Å². The van der Waals surface area contributed by atoms with Crippen LogP contribution in [0.2, 0.25) is 0 Å². The third kappa shape index (κ3) is 5.40. The average Bonchev–Trinajstić information content (AvgIpc) is 3.53. The highest BCUT2D eigenvalue weighted by Gasteiger charge is 2.28. The fraction of sp³-hybridized carbons (Fsp3) is 0.391. The van der Waals surface area contributed by atoms with Gasteiger partial charge in [-0.1, -0.05) is 12.1 Å². The number of H-pyrrole nitrogens is 1. The third-order valence-electron chi connectivity index (χ3n) is 5.13. The molecule has 9 heteroatoms. The van der Waals surface area contributed by atoms with Crippen molar-refractivity contribution in [3.63, 3.8) is 0 Å². The van der Waals surface area contributed by atoms with E-state index in [-0.39, 0.29) is 29.0 Å². The predicted molar refractivity (Wildman–Crippen MR) is 119 cm³/mol. The zero-order valence-electron chi connectivity index (χ0n) is 18.4. The van der Waals surface area contributed by atoms with E-state index in [1.165, 1.54) is 25.8 Å². The number of nitrogens with one attached hydrogen (secondary N) is 2. The molecule has 2 aromatic rings. The molecule has 0 radical (unpaired) electrons. The Labute approximate surface area is 190 Å². The normalized spacial score (nSPS) is 13.9. The minimum atomic E-state index is -1.08. The number of aromatic amines is 1. The number of ketones is 1. The number of thioether (sulfide) groups is 1. The molecule has 1 fully saturated rings. The standard InChI is InChI=1S/C23H26N2O6S/c1-12-19(23(29)30-4)13(2)24-20(12)21(27)14(3)31-22(28)16-7-5-6-8-17(16)32-11-18(26)25-15-9-10-15/h5-8,14-15,24H,9-11H2,1-4H3,(H,25,26)/t14-/m1/s1. The maximum absolute atomic E-state index is 12.9. The summed E-state index contributed by atoms with van der Waals surface area (Å²) in [5.41, 5.74) is 1.72. The molecule has 1 aliphatic rings. The van der Waals surface area contributed by atoms with Gasteiger partial charge in [0.15, 0.2) is 6.10 Å². The molecule has 1 aromatic heterocycles. The number of hydrogen-bond donors (Lipinski definition) is 2. The first-order valence-corrected chi connectivity index (χ1v) is 11.2. The number of benzene rings is 1. The number of aryl methyl sites for hydroxylation is 1.